The van der Waals surface area contributed by atoms with E-state index in [-0.39, 0.29) is 17.2 Å². The normalized spacial score (nSPS) is 19.6. The molecule has 0 saturated heterocycles. The molecular weight excluding hydrogens is 366 g/mol. The Morgan fingerprint density at radius 1 is 0.966 bits per heavy atom. The van der Waals surface area contributed by atoms with E-state index in [1.54, 1.807) is 4.90 Å². The van der Waals surface area contributed by atoms with E-state index in [0.717, 1.165) is 32.2 Å². The van der Waals surface area contributed by atoms with Crippen LogP contribution in [0.15, 0.2) is 4.99 Å². The van der Waals surface area contributed by atoms with Crippen molar-refractivity contribution in [1.29, 1.82) is 0 Å². The summed E-state index contributed by atoms with van der Waals surface area (Å²) >= 11 is 0. The molecule has 2 amide bonds. The maximum Gasteiger partial charge on any atom is 0.230 e. The molecule has 2 saturated carbocycles. The Balaban J connectivity index is 1.78. The number of carbonyl (C=O) groups is 2. The van der Waals surface area contributed by atoms with Crippen LogP contribution in [-0.4, -0.2) is 62.9 Å². The van der Waals surface area contributed by atoms with Crippen molar-refractivity contribution in [2.45, 2.75) is 71.1 Å². The van der Waals surface area contributed by atoms with E-state index < -0.39 is 0 Å². The van der Waals surface area contributed by atoms with Gasteiger partial charge in [-0.25, -0.2) is 0 Å². The summed E-state index contributed by atoms with van der Waals surface area (Å²) in [6.45, 7) is 4.50. The third-order valence-corrected chi connectivity index (χ3v) is 6.24. The molecule has 166 valence electrons. The second kappa shape index (κ2) is 12.0. The summed E-state index contributed by atoms with van der Waals surface area (Å²) in [5.74, 6) is 1.62. The molecule has 0 bridgehead atoms. The lowest BCUT2D eigenvalue weighted by molar-refractivity contribution is -0.138. The number of hydrogen-bond acceptors (Lipinski definition) is 3. The maximum absolute atomic E-state index is 12.7. The number of hydrogen-bond donors (Lipinski definition) is 3. The van der Waals surface area contributed by atoms with Crippen molar-refractivity contribution in [3.05, 3.63) is 0 Å². The number of rotatable bonds is 9. The first kappa shape index (κ1) is 23.5. The second-order valence-corrected chi connectivity index (χ2v) is 8.87. The van der Waals surface area contributed by atoms with Crippen molar-refractivity contribution in [3.63, 3.8) is 0 Å². The number of nitrogens with one attached hydrogen (secondary N) is 3. The number of amides is 2. The lowest BCUT2D eigenvalue weighted by atomic mass is 9.85. The van der Waals surface area contributed by atoms with Crippen LogP contribution >= 0.6 is 0 Å². The molecule has 0 aromatic rings. The fourth-order valence-electron chi connectivity index (χ4n) is 4.65. The molecule has 0 aromatic carbocycles. The van der Waals surface area contributed by atoms with E-state index in [4.69, 9.17) is 4.99 Å². The molecule has 3 N–H and O–H groups in total. The lowest BCUT2D eigenvalue weighted by Crippen LogP contribution is -2.44. The Hall–Kier alpha value is -1.79. The number of carbonyl (C=O) groups excluding carboxylic acids is 2. The first-order valence-corrected chi connectivity index (χ1v) is 11.5. The molecule has 29 heavy (non-hydrogen) atoms. The van der Waals surface area contributed by atoms with Crippen molar-refractivity contribution in [2.75, 3.05) is 40.3 Å². The van der Waals surface area contributed by atoms with Crippen LogP contribution in [-0.2, 0) is 9.59 Å². The smallest absolute Gasteiger partial charge is 0.230 e. The van der Waals surface area contributed by atoms with Crippen LogP contribution in [0.25, 0.3) is 0 Å². The van der Waals surface area contributed by atoms with Crippen LogP contribution in [0.3, 0.4) is 0 Å². The van der Waals surface area contributed by atoms with Crippen LogP contribution < -0.4 is 16.0 Å². The molecule has 0 unspecified atom stereocenters. The number of nitrogens with zero attached hydrogens (tertiary/aromatic N) is 2. The van der Waals surface area contributed by atoms with Crippen LogP contribution in [0, 0.1) is 11.3 Å². The van der Waals surface area contributed by atoms with Gasteiger partial charge in [-0.3, -0.25) is 14.6 Å². The van der Waals surface area contributed by atoms with Gasteiger partial charge < -0.3 is 20.9 Å². The van der Waals surface area contributed by atoms with Crippen molar-refractivity contribution >= 4 is 17.8 Å². The second-order valence-electron chi connectivity index (χ2n) is 8.87. The van der Waals surface area contributed by atoms with Crippen molar-refractivity contribution < 1.29 is 9.59 Å². The summed E-state index contributed by atoms with van der Waals surface area (Å²) in [7, 11) is 3.65. The number of guanidine groups is 1. The third-order valence-electron chi connectivity index (χ3n) is 6.24. The summed E-state index contributed by atoms with van der Waals surface area (Å²) in [6.07, 6.45) is 10.9. The van der Waals surface area contributed by atoms with Gasteiger partial charge in [0.1, 0.15) is 0 Å². The van der Waals surface area contributed by atoms with E-state index in [0.29, 0.717) is 37.9 Å². The minimum absolute atomic E-state index is 0.155. The molecule has 0 spiro atoms. The number of aliphatic imine (C=N–C) groups is 1. The van der Waals surface area contributed by atoms with E-state index in [2.05, 4.69) is 16.0 Å². The summed E-state index contributed by atoms with van der Waals surface area (Å²) < 4.78 is 0. The monoisotopic (exact) mass is 407 g/mol. The van der Waals surface area contributed by atoms with E-state index in [9.17, 15) is 9.59 Å². The van der Waals surface area contributed by atoms with Crippen LogP contribution in [0.4, 0.5) is 0 Å². The molecule has 7 heteroatoms. The van der Waals surface area contributed by atoms with Gasteiger partial charge in [-0.05, 0) is 38.5 Å². The molecule has 0 heterocycles. The Morgan fingerprint density at radius 2 is 1.62 bits per heavy atom. The van der Waals surface area contributed by atoms with Crippen LogP contribution in [0.2, 0.25) is 0 Å². The Bertz CT molecular complexity index is 549. The zero-order chi connectivity index (χ0) is 21.1. The van der Waals surface area contributed by atoms with Crippen LogP contribution in [0.5, 0.6) is 0 Å². The van der Waals surface area contributed by atoms with Gasteiger partial charge in [0.15, 0.2) is 5.96 Å². The third kappa shape index (κ3) is 7.52. The molecule has 2 aliphatic carbocycles. The van der Waals surface area contributed by atoms with Gasteiger partial charge in [0.2, 0.25) is 11.8 Å². The van der Waals surface area contributed by atoms with Crippen molar-refractivity contribution in [1.82, 2.24) is 20.9 Å². The van der Waals surface area contributed by atoms with Crippen molar-refractivity contribution in [2.24, 2.45) is 16.3 Å². The average Bonchev–Trinajstić information content (AvgIpc) is 3.19. The van der Waals surface area contributed by atoms with Gasteiger partial charge in [-0.15, -0.1) is 0 Å². The van der Waals surface area contributed by atoms with E-state index in [1.165, 1.54) is 32.1 Å². The van der Waals surface area contributed by atoms with E-state index in [1.807, 2.05) is 21.0 Å². The minimum Gasteiger partial charge on any atom is -0.357 e. The summed E-state index contributed by atoms with van der Waals surface area (Å²) in [5.41, 5.74) is -0.361. The Kier molecular flexibility index (Phi) is 9.74. The fraction of sp³-hybridized carbons (Fsp3) is 0.864. The molecule has 0 aromatic heterocycles. The van der Waals surface area contributed by atoms with E-state index >= 15 is 0 Å². The van der Waals surface area contributed by atoms with Gasteiger partial charge in [0.05, 0.1) is 12.0 Å². The minimum atomic E-state index is -0.361. The highest BCUT2D eigenvalue weighted by Gasteiger charge is 2.42. The lowest BCUT2D eigenvalue weighted by Gasteiger charge is -2.29. The Labute approximate surface area is 176 Å². The fourth-order valence-corrected chi connectivity index (χ4v) is 4.65. The Morgan fingerprint density at radius 3 is 2.24 bits per heavy atom. The molecule has 2 rings (SSSR count). The van der Waals surface area contributed by atoms with Gasteiger partial charge in [0.25, 0.3) is 0 Å². The predicted molar refractivity (Wildman–Crippen MR) is 118 cm³/mol. The van der Waals surface area contributed by atoms with Gasteiger partial charge in [-0.1, -0.05) is 32.1 Å². The predicted octanol–water partition coefficient (Wildman–Crippen LogP) is 2.28. The topological polar surface area (TPSA) is 85.8 Å². The first-order chi connectivity index (χ1) is 14.0. The molecule has 0 aliphatic heterocycles. The van der Waals surface area contributed by atoms with Gasteiger partial charge >= 0.3 is 0 Å². The standard InChI is InChI=1S/C22H41N5O2/c1-4-23-21(26-17-22(12-8-9-13-22)20(29)27(2)3)25-15-14-24-19(28)16-18-10-6-5-7-11-18/h18H,4-17H2,1-3H3,(H,24,28)(H2,23,25,26). The molecule has 0 radical (unpaired) electrons. The maximum atomic E-state index is 12.7. The summed E-state index contributed by atoms with van der Waals surface area (Å²) in [6, 6.07) is 0. The highest BCUT2D eigenvalue weighted by molar-refractivity contribution is 5.84. The summed E-state index contributed by atoms with van der Waals surface area (Å²) in [4.78, 5) is 31.3. The highest BCUT2D eigenvalue weighted by Crippen LogP contribution is 2.39. The quantitative estimate of drug-likeness (QED) is 0.311. The summed E-state index contributed by atoms with van der Waals surface area (Å²) in [5, 5.41) is 9.56. The van der Waals surface area contributed by atoms with Gasteiger partial charge in [0, 0.05) is 40.2 Å². The molecule has 0 atom stereocenters. The first-order valence-electron chi connectivity index (χ1n) is 11.5. The molecule has 2 aliphatic rings. The molecule has 2 fully saturated rings. The van der Waals surface area contributed by atoms with Crippen LogP contribution in [0.1, 0.15) is 71.1 Å². The molecular formula is C22H41N5O2. The zero-order valence-corrected chi connectivity index (χ0v) is 18.7. The SMILES string of the molecule is CCNC(=NCC1(C(=O)N(C)C)CCCC1)NCCNC(=O)CC1CCCCC1. The zero-order valence-electron chi connectivity index (χ0n) is 18.7. The largest absolute Gasteiger partial charge is 0.357 e. The average molecular weight is 408 g/mol. The van der Waals surface area contributed by atoms with Crippen molar-refractivity contribution in [3.8, 4) is 0 Å². The highest BCUT2D eigenvalue weighted by atomic mass is 16.2. The van der Waals surface area contributed by atoms with Gasteiger partial charge in [-0.2, -0.15) is 0 Å². The molecule has 7 nitrogen and oxygen atoms in total.